The van der Waals surface area contributed by atoms with Crippen molar-refractivity contribution >= 4 is 32.9 Å². The highest BCUT2D eigenvalue weighted by Crippen LogP contribution is 2.15. The summed E-state index contributed by atoms with van der Waals surface area (Å²) in [6, 6.07) is 3.89. The maximum atomic E-state index is 5.73. The van der Waals surface area contributed by atoms with Crippen LogP contribution in [0.3, 0.4) is 0 Å². The van der Waals surface area contributed by atoms with Crippen LogP contribution in [0, 0.1) is 0 Å². The molecule has 3 heterocycles. The first-order chi connectivity index (χ1) is 8.74. The average Bonchev–Trinajstić information content (AvgIpc) is 2.77. The highest BCUT2D eigenvalue weighted by molar-refractivity contribution is 9.10. The number of nitrogens with zero attached hydrogens (tertiary/aromatic N) is 5. The third kappa shape index (κ3) is 1.92. The molecule has 0 saturated heterocycles. The number of rotatable bonds is 2. The number of fused-ring (bicyclic) bond motifs is 1. The molecule has 3 aromatic heterocycles. The third-order valence-electron chi connectivity index (χ3n) is 2.55. The van der Waals surface area contributed by atoms with Crippen LogP contribution in [0.25, 0.3) is 11.2 Å². The molecule has 0 aliphatic carbocycles. The normalized spacial score (nSPS) is 10.9. The van der Waals surface area contributed by atoms with Gasteiger partial charge < -0.3 is 10.3 Å². The van der Waals surface area contributed by atoms with E-state index in [1.165, 1.54) is 6.33 Å². The summed E-state index contributed by atoms with van der Waals surface area (Å²) in [6.07, 6.45) is 4.89. The van der Waals surface area contributed by atoms with Crippen molar-refractivity contribution in [1.82, 2.24) is 24.5 Å². The van der Waals surface area contributed by atoms with Gasteiger partial charge in [-0.3, -0.25) is 4.98 Å². The highest BCUT2D eigenvalue weighted by Gasteiger charge is 2.08. The highest BCUT2D eigenvalue weighted by atomic mass is 79.9. The first kappa shape index (κ1) is 11.1. The Labute approximate surface area is 111 Å². The first-order valence-corrected chi connectivity index (χ1v) is 6.05. The van der Waals surface area contributed by atoms with Gasteiger partial charge in [0.2, 0.25) is 0 Å². The van der Waals surface area contributed by atoms with Crippen LogP contribution in [-0.4, -0.2) is 24.5 Å². The van der Waals surface area contributed by atoms with E-state index in [4.69, 9.17) is 5.73 Å². The molecule has 0 aliphatic heterocycles. The van der Waals surface area contributed by atoms with Gasteiger partial charge in [0.15, 0.2) is 11.5 Å². The fraction of sp³-hybridized carbons (Fsp3) is 0.0909. The van der Waals surface area contributed by atoms with E-state index in [1.807, 2.05) is 16.7 Å². The van der Waals surface area contributed by atoms with Gasteiger partial charge in [-0.2, -0.15) is 0 Å². The zero-order valence-corrected chi connectivity index (χ0v) is 10.9. The molecule has 0 bridgehead atoms. The number of hydrogen-bond acceptors (Lipinski definition) is 5. The van der Waals surface area contributed by atoms with Gasteiger partial charge >= 0.3 is 0 Å². The SMILES string of the molecule is Nc1ncnc2c1ncn2Cc1ccc(Br)cn1. The molecule has 0 fully saturated rings. The van der Waals surface area contributed by atoms with Crippen LogP contribution in [0.5, 0.6) is 0 Å². The second kappa shape index (κ2) is 4.34. The Kier molecular flexibility index (Phi) is 2.67. The van der Waals surface area contributed by atoms with E-state index >= 15 is 0 Å². The van der Waals surface area contributed by atoms with Crippen molar-refractivity contribution in [2.75, 3.05) is 5.73 Å². The molecule has 0 unspecified atom stereocenters. The summed E-state index contributed by atoms with van der Waals surface area (Å²) in [5.74, 6) is 0.391. The van der Waals surface area contributed by atoms with E-state index in [0.29, 0.717) is 23.5 Å². The summed E-state index contributed by atoms with van der Waals surface area (Å²) in [4.78, 5) is 16.6. The zero-order chi connectivity index (χ0) is 12.5. The fourth-order valence-electron chi connectivity index (χ4n) is 1.69. The Balaban J connectivity index is 2.00. The Morgan fingerprint density at radius 1 is 1.17 bits per heavy atom. The second-order valence-electron chi connectivity index (χ2n) is 3.77. The van der Waals surface area contributed by atoms with Gasteiger partial charge in [-0.05, 0) is 28.1 Å². The van der Waals surface area contributed by atoms with Crippen molar-refractivity contribution in [2.45, 2.75) is 6.54 Å². The molecule has 18 heavy (non-hydrogen) atoms. The molecule has 3 aromatic rings. The summed E-state index contributed by atoms with van der Waals surface area (Å²) in [5.41, 5.74) is 7.99. The van der Waals surface area contributed by atoms with Crippen LogP contribution in [0.15, 0.2) is 35.5 Å². The minimum absolute atomic E-state index is 0.391. The molecule has 6 nitrogen and oxygen atoms in total. The second-order valence-corrected chi connectivity index (χ2v) is 4.69. The monoisotopic (exact) mass is 304 g/mol. The predicted octanol–water partition coefficient (Wildman–Crippen LogP) is 1.61. The van der Waals surface area contributed by atoms with Gasteiger partial charge in [-0.1, -0.05) is 0 Å². The van der Waals surface area contributed by atoms with Crippen LogP contribution >= 0.6 is 15.9 Å². The number of anilines is 1. The fourth-order valence-corrected chi connectivity index (χ4v) is 1.92. The van der Waals surface area contributed by atoms with Crippen LogP contribution in [-0.2, 0) is 6.54 Å². The number of nitrogens with two attached hydrogens (primary N) is 1. The molecule has 7 heteroatoms. The third-order valence-corrected chi connectivity index (χ3v) is 3.02. The largest absolute Gasteiger partial charge is 0.382 e. The van der Waals surface area contributed by atoms with Gasteiger partial charge in [0.05, 0.1) is 18.6 Å². The quantitative estimate of drug-likeness (QED) is 0.778. The summed E-state index contributed by atoms with van der Waals surface area (Å²) in [5, 5.41) is 0. The van der Waals surface area contributed by atoms with Crippen LogP contribution in [0.2, 0.25) is 0 Å². The summed E-state index contributed by atoms with van der Waals surface area (Å²) >= 11 is 3.35. The van der Waals surface area contributed by atoms with Crippen molar-refractivity contribution in [3.8, 4) is 0 Å². The molecule has 3 rings (SSSR count). The molecule has 90 valence electrons. The zero-order valence-electron chi connectivity index (χ0n) is 9.29. The maximum Gasteiger partial charge on any atom is 0.165 e. The number of nitrogen functional groups attached to an aromatic ring is 1. The Bertz CT molecular complexity index is 690. The molecular formula is C11H9BrN6. The Morgan fingerprint density at radius 2 is 2.06 bits per heavy atom. The standard InChI is InChI=1S/C11H9BrN6/c12-7-1-2-8(14-3-7)4-18-6-17-9-10(13)15-5-16-11(9)18/h1-3,5-6H,4H2,(H2,13,15,16). The van der Waals surface area contributed by atoms with E-state index in [-0.39, 0.29) is 0 Å². The maximum absolute atomic E-state index is 5.73. The minimum Gasteiger partial charge on any atom is -0.382 e. The van der Waals surface area contributed by atoms with Crippen molar-refractivity contribution in [3.63, 3.8) is 0 Å². The predicted molar refractivity (Wildman–Crippen MR) is 70.8 cm³/mol. The van der Waals surface area contributed by atoms with Gasteiger partial charge in [0.1, 0.15) is 11.8 Å². The summed E-state index contributed by atoms with van der Waals surface area (Å²) < 4.78 is 2.84. The van der Waals surface area contributed by atoms with E-state index < -0.39 is 0 Å². The van der Waals surface area contributed by atoms with Crippen molar-refractivity contribution in [1.29, 1.82) is 0 Å². The lowest BCUT2D eigenvalue weighted by Gasteiger charge is -2.03. The average molecular weight is 305 g/mol. The number of hydrogen-bond donors (Lipinski definition) is 1. The summed E-state index contributed by atoms with van der Waals surface area (Å²) in [7, 11) is 0. The number of aromatic nitrogens is 5. The summed E-state index contributed by atoms with van der Waals surface area (Å²) in [6.45, 7) is 0.597. The lowest BCUT2D eigenvalue weighted by molar-refractivity contribution is 0.787. The Hall–Kier alpha value is -2.02. The molecule has 2 N–H and O–H groups in total. The Morgan fingerprint density at radius 3 is 2.83 bits per heavy atom. The van der Waals surface area contributed by atoms with Gasteiger partial charge in [-0.25, -0.2) is 15.0 Å². The molecular weight excluding hydrogens is 296 g/mol. The molecule has 0 spiro atoms. The lowest BCUT2D eigenvalue weighted by Crippen LogP contribution is -2.02. The van der Waals surface area contributed by atoms with Crippen LogP contribution in [0.1, 0.15) is 5.69 Å². The van der Waals surface area contributed by atoms with E-state index in [2.05, 4.69) is 35.9 Å². The van der Waals surface area contributed by atoms with Gasteiger partial charge in [0, 0.05) is 10.7 Å². The van der Waals surface area contributed by atoms with Crippen molar-refractivity contribution in [3.05, 3.63) is 41.2 Å². The van der Waals surface area contributed by atoms with E-state index in [0.717, 1.165) is 10.2 Å². The number of pyridine rings is 1. The van der Waals surface area contributed by atoms with Crippen molar-refractivity contribution in [2.24, 2.45) is 0 Å². The molecule has 0 radical (unpaired) electrons. The van der Waals surface area contributed by atoms with E-state index in [1.54, 1.807) is 12.5 Å². The molecule has 0 aliphatic rings. The van der Waals surface area contributed by atoms with E-state index in [9.17, 15) is 0 Å². The smallest absolute Gasteiger partial charge is 0.165 e. The van der Waals surface area contributed by atoms with Gasteiger partial charge in [-0.15, -0.1) is 0 Å². The molecule has 0 saturated carbocycles. The van der Waals surface area contributed by atoms with Gasteiger partial charge in [0.25, 0.3) is 0 Å². The number of imidazole rings is 1. The van der Waals surface area contributed by atoms with Crippen LogP contribution < -0.4 is 5.73 Å². The topological polar surface area (TPSA) is 82.5 Å². The first-order valence-electron chi connectivity index (χ1n) is 5.26. The molecule has 0 amide bonds. The molecule has 0 atom stereocenters. The van der Waals surface area contributed by atoms with Crippen molar-refractivity contribution < 1.29 is 0 Å². The number of halogens is 1. The lowest BCUT2D eigenvalue weighted by atomic mass is 10.3. The van der Waals surface area contributed by atoms with Crippen LogP contribution in [0.4, 0.5) is 5.82 Å². The molecule has 0 aromatic carbocycles. The minimum atomic E-state index is 0.391.